The van der Waals surface area contributed by atoms with Gasteiger partial charge in [-0.3, -0.25) is 0 Å². The minimum absolute atomic E-state index is 0.462. The molecule has 102 valence electrons. The quantitative estimate of drug-likeness (QED) is 0.669. The van der Waals surface area contributed by atoms with Crippen LogP contribution in [-0.4, -0.2) is 15.6 Å². The molecular formula is C17H22S2. The molecule has 0 bridgehead atoms. The molecule has 3 aliphatic rings. The van der Waals surface area contributed by atoms with Gasteiger partial charge in [-0.05, 0) is 54.6 Å². The van der Waals surface area contributed by atoms with Gasteiger partial charge in [-0.15, -0.1) is 23.5 Å². The van der Waals surface area contributed by atoms with Crippen LogP contribution in [0.4, 0.5) is 0 Å². The lowest BCUT2D eigenvalue weighted by Crippen LogP contribution is -2.45. The number of benzene rings is 1. The maximum Gasteiger partial charge on any atom is 0.0615 e. The van der Waals surface area contributed by atoms with E-state index in [1.165, 1.54) is 43.6 Å². The molecule has 1 spiro atoms. The largest absolute Gasteiger partial charge is 0.143 e. The van der Waals surface area contributed by atoms with Gasteiger partial charge in [-0.25, -0.2) is 0 Å². The van der Waals surface area contributed by atoms with Crippen molar-refractivity contribution in [2.24, 2.45) is 5.92 Å². The molecule has 0 unspecified atom stereocenters. The number of hydrogen-bond donors (Lipinski definition) is 0. The number of thioether (sulfide) groups is 2. The second-order valence-electron chi connectivity index (χ2n) is 6.62. The molecule has 2 atom stereocenters. The Balaban J connectivity index is 1.69. The topological polar surface area (TPSA) is 0 Å². The minimum atomic E-state index is 0.462. The fourth-order valence-electron chi connectivity index (χ4n) is 4.52. The summed E-state index contributed by atoms with van der Waals surface area (Å²) in [7, 11) is 0. The van der Waals surface area contributed by atoms with E-state index in [1.807, 2.05) is 0 Å². The van der Waals surface area contributed by atoms with Gasteiger partial charge in [0.15, 0.2) is 0 Å². The molecule has 0 aromatic heterocycles. The van der Waals surface area contributed by atoms with Crippen LogP contribution in [0.3, 0.4) is 0 Å². The molecule has 1 saturated carbocycles. The Morgan fingerprint density at radius 1 is 1.11 bits per heavy atom. The molecule has 1 aromatic carbocycles. The smallest absolute Gasteiger partial charge is 0.0615 e. The highest BCUT2D eigenvalue weighted by atomic mass is 32.2. The third kappa shape index (κ3) is 1.90. The summed E-state index contributed by atoms with van der Waals surface area (Å²) in [5.74, 6) is 3.67. The van der Waals surface area contributed by atoms with Gasteiger partial charge in [0.25, 0.3) is 0 Å². The fraction of sp³-hybridized carbons (Fsp3) is 0.647. The van der Waals surface area contributed by atoms with Gasteiger partial charge in [0, 0.05) is 11.5 Å². The van der Waals surface area contributed by atoms with Gasteiger partial charge in [0.1, 0.15) is 0 Å². The average Bonchev–Trinajstić information content (AvgIpc) is 2.89. The van der Waals surface area contributed by atoms with Crippen LogP contribution >= 0.6 is 23.5 Å². The third-order valence-electron chi connectivity index (χ3n) is 5.69. The van der Waals surface area contributed by atoms with E-state index >= 15 is 0 Å². The molecule has 0 radical (unpaired) electrons. The first-order valence-electron chi connectivity index (χ1n) is 7.58. The van der Waals surface area contributed by atoms with Gasteiger partial charge < -0.3 is 0 Å². The van der Waals surface area contributed by atoms with Crippen LogP contribution in [0, 0.1) is 5.92 Å². The Labute approximate surface area is 125 Å². The van der Waals surface area contributed by atoms with Crippen molar-refractivity contribution in [2.45, 2.75) is 48.5 Å². The molecule has 0 nitrogen and oxygen atoms in total. The van der Waals surface area contributed by atoms with E-state index < -0.39 is 0 Å². The van der Waals surface area contributed by atoms with Crippen LogP contribution in [0.25, 0.3) is 0 Å². The molecule has 1 aliphatic heterocycles. The lowest BCUT2D eigenvalue weighted by Gasteiger charge is -2.51. The summed E-state index contributed by atoms with van der Waals surface area (Å²) < 4.78 is 0.594. The van der Waals surface area contributed by atoms with Gasteiger partial charge in [0.2, 0.25) is 0 Å². The molecule has 1 aromatic rings. The van der Waals surface area contributed by atoms with E-state index in [9.17, 15) is 0 Å². The summed E-state index contributed by atoms with van der Waals surface area (Å²) >= 11 is 4.53. The Hall–Kier alpha value is -0.0800. The van der Waals surface area contributed by atoms with E-state index in [2.05, 4.69) is 54.7 Å². The van der Waals surface area contributed by atoms with Crippen LogP contribution < -0.4 is 0 Å². The molecule has 0 N–H and O–H groups in total. The second kappa shape index (κ2) is 4.46. The summed E-state index contributed by atoms with van der Waals surface area (Å²) in [6.07, 6.45) is 6.99. The van der Waals surface area contributed by atoms with Crippen molar-refractivity contribution >= 4 is 23.5 Å². The zero-order chi connectivity index (χ0) is 12.9. The highest BCUT2D eigenvalue weighted by Crippen LogP contribution is 2.61. The summed E-state index contributed by atoms with van der Waals surface area (Å²) in [5, 5.41) is 0. The average molecular weight is 290 g/mol. The second-order valence-corrected chi connectivity index (χ2v) is 9.84. The standard InChI is InChI=1S/C17H22S2/c1-16-8-9-17(18-10-11-19-17)12-14(16)7-6-13-4-2-3-5-15(13)16/h2-5,14H,6-12H2,1H3/t14-,16-/m0/s1. The van der Waals surface area contributed by atoms with Crippen molar-refractivity contribution in [3.05, 3.63) is 35.4 Å². The molecule has 0 amide bonds. The lowest BCUT2D eigenvalue weighted by atomic mass is 9.58. The van der Waals surface area contributed by atoms with E-state index in [-0.39, 0.29) is 0 Å². The predicted molar refractivity (Wildman–Crippen MR) is 87.1 cm³/mol. The van der Waals surface area contributed by atoms with Crippen LogP contribution in [0.1, 0.15) is 43.7 Å². The predicted octanol–water partition coefficient (Wildman–Crippen LogP) is 4.87. The minimum Gasteiger partial charge on any atom is -0.143 e. The zero-order valence-electron chi connectivity index (χ0n) is 11.7. The summed E-state index contributed by atoms with van der Waals surface area (Å²) in [5.41, 5.74) is 3.77. The Kier molecular flexibility index (Phi) is 2.97. The monoisotopic (exact) mass is 290 g/mol. The molecule has 1 saturated heterocycles. The molecule has 2 heteroatoms. The van der Waals surface area contributed by atoms with Crippen LogP contribution in [0.15, 0.2) is 24.3 Å². The van der Waals surface area contributed by atoms with Crippen molar-refractivity contribution in [1.29, 1.82) is 0 Å². The normalized spacial score (nSPS) is 35.9. The highest BCUT2D eigenvalue weighted by Gasteiger charge is 2.50. The maximum atomic E-state index is 2.55. The van der Waals surface area contributed by atoms with Gasteiger partial charge >= 0.3 is 0 Å². The zero-order valence-corrected chi connectivity index (χ0v) is 13.3. The number of rotatable bonds is 0. The number of fused-ring (bicyclic) bond motifs is 3. The first-order valence-corrected chi connectivity index (χ1v) is 9.55. The van der Waals surface area contributed by atoms with Crippen molar-refractivity contribution in [3.8, 4) is 0 Å². The lowest BCUT2D eigenvalue weighted by molar-refractivity contribution is 0.175. The Morgan fingerprint density at radius 2 is 1.89 bits per heavy atom. The van der Waals surface area contributed by atoms with Crippen LogP contribution in [-0.2, 0) is 11.8 Å². The van der Waals surface area contributed by atoms with E-state index in [4.69, 9.17) is 0 Å². The summed E-state index contributed by atoms with van der Waals surface area (Å²) in [4.78, 5) is 0. The van der Waals surface area contributed by atoms with Gasteiger partial charge in [0.05, 0.1) is 4.08 Å². The highest BCUT2D eigenvalue weighted by molar-refractivity contribution is 8.21. The third-order valence-corrected chi connectivity index (χ3v) is 9.27. The fourth-order valence-corrected chi connectivity index (χ4v) is 7.89. The summed E-state index contributed by atoms with van der Waals surface area (Å²) in [6, 6.07) is 9.24. The first kappa shape index (κ1) is 12.6. The maximum absolute atomic E-state index is 2.55. The van der Waals surface area contributed by atoms with E-state index in [0.29, 0.717) is 9.49 Å². The van der Waals surface area contributed by atoms with Crippen molar-refractivity contribution in [2.75, 3.05) is 11.5 Å². The Bertz CT molecular complexity index is 490. The van der Waals surface area contributed by atoms with E-state index in [1.54, 1.807) is 11.1 Å². The molecule has 2 aliphatic carbocycles. The molecule has 2 fully saturated rings. The van der Waals surface area contributed by atoms with Crippen molar-refractivity contribution in [1.82, 2.24) is 0 Å². The van der Waals surface area contributed by atoms with Gasteiger partial charge in [-0.1, -0.05) is 31.2 Å². The SMILES string of the molecule is C[C@]12CCC3(C[C@@H]1CCc1ccccc12)SCCS3. The number of hydrogen-bond acceptors (Lipinski definition) is 2. The van der Waals surface area contributed by atoms with Crippen molar-refractivity contribution in [3.63, 3.8) is 0 Å². The van der Waals surface area contributed by atoms with Crippen LogP contribution in [0.2, 0.25) is 0 Å². The Morgan fingerprint density at radius 3 is 2.74 bits per heavy atom. The van der Waals surface area contributed by atoms with Gasteiger partial charge in [-0.2, -0.15) is 0 Å². The molecular weight excluding hydrogens is 268 g/mol. The van der Waals surface area contributed by atoms with Crippen molar-refractivity contribution < 1.29 is 0 Å². The van der Waals surface area contributed by atoms with Crippen LogP contribution in [0.5, 0.6) is 0 Å². The number of aryl methyl sites for hydroxylation is 1. The molecule has 4 rings (SSSR count). The summed E-state index contributed by atoms with van der Waals surface area (Å²) in [6.45, 7) is 2.55. The first-order chi connectivity index (χ1) is 9.22. The van der Waals surface area contributed by atoms with E-state index in [0.717, 1.165) is 5.92 Å². The molecule has 19 heavy (non-hydrogen) atoms. The molecule has 1 heterocycles.